The molecule has 2 heterocycles. The van der Waals surface area contributed by atoms with E-state index in [0.717, 1.165) is 19.6 Å². The number of fused-ring (bicyclic) bond motifs is 1. The number of imidazole rings is 1. The van der Waals surface area contributed by atoms with Gasteiger partial charge >= 0.3 is 0 Å². The van der Waals surface area contributed by atoms with Crippen molar-refractivity contribution in [3.63, 3.8) is 0 Å². The van der Waals surface area contributed by atoms with Crippen LogP contribution in [-0.4, -0.2) is 20.2 Å². The first-order chi connectivity index (χ1) is 10.2. The standard InChI is InChI=1S/C17H22N4/c1-14(2)19-11-15-12-21(10-9-20-8-7-18-13-20)17-6-4-3-5-16(15)17/h3-8,12-14,19H,9-11H2,1-2H3. The number of benzene rings is 1. The first-order valence-corrected chi connectivity index (χ1v) is 7.50. The molecule has 0 aliphatic carbocycles. The molecule has 0 radical (unpaired) electrons. The number of rotatable bonds is 6. The van der Waals surface area contributed by atoms with E-state index in [2.05, 4.69) is 63.7 Å². The summed E-state index contributed by atoms with van der Waals surface area (Å²) in [5, 5.41) is 4.85. The molecular formula is C17H22N4. The van der Waals surface area contributed by atoms with Crippen LogP contribution in [0.5, 0.6) is 0 Å². The van der Waals surface area contributed by atoms with Crippen molar-refractivity contribution in [1.82, 2.24) is 19.4 Å². The lowest BCUT2D eigenvalue weighted by Gasteiger charge is -2.06. The van der Waals surface area contributed by atoms with Crippen molar-refractivity contribution >= 4 is 10.9 Å². The number of hydrogen-bond acceptors (Lipinski definition) is 2. The molecule has 0 spiro atoms. The molecule has 0 aliphatic heterocycles. The molecule has 0 atom stereocenters. The topological polar surface area (TPSA) is 34.8 Å². The van der Waals surface area contributed by atoms with Gasteiger partial charge in [-0.2, -0.15) is 0 Å². The second kappa shape index (κ2) is 6.14. The monoisotopic (exact) mass is 282 g/mol. The van der Waals surface area contributed by atoms with E-state index in [1.807, 2.05) is 18.7 Å². The van der Waals surface area contributed by atoms with Gasteiger partial charge in [0.1, 0.15) is 0 Å². The number of hydrogen-bond donors (Lipinski definition) is 1. The van der Waals surface area contributed by atoms with Crippen molar-refractivity contribution in [2.75, 3.05) is 0 Å². The van der Waals surface area contributed by atoms with Gasteiger partial charge in [0.25, 0.3) is 0 Å². The molecule has 1 N–H and O–H groups in total. The average Bonchev–Trinajstić information content (AvgIpc) is 3.11. The van der Waals surface area contributed by atoms with Crippen molar-refractivity contribution in [2.24, 2.45) is 0 Å². The molecule has 0 fully saturated rings. The van der Waals surface area contributed by atoms with Gasteiger partial charge in [0.05, 0.1) is 6.33 Å². The molecule has 0 saturated heterocycles. The molecule has 4 heteroatoms. The second-order valence-electron chi connectivity index (χ2n) is 5.70. The molecule has 4 nitrogen and oxygen atoms in total. The molecule has 2 aromatic heterocycles. The highest BCUT2D eigenvalue weighted by Crippen LogP contribution is 2.21. The van der Waals surface area contributed by atoms with Gasteiger partial charge in [-0.05, 0) is 11.6 Å². The van der Waals surface area contributed by atoms with Crippen LogP contribution in [0.15, 0.2) is 49.2 Å². The predicted octanol–water partition coefficient (Wildman–Crippen LogP) is 3.04. The minimum absolute atomic E-state index is 0.498. The van der Waals surface area contributed by atoms with Crippen LogP contribution in [0, 0.1) is 0 Å². The van der Waals surface area contributed by atoms with Crippen LogP contribution in [0.2, 0.25) is 0 Å². The number of aryl methyl sites for hydroxylation is 2. The average molecular weight is 282 g/mol. The number of aromatic nitrogens is 3. The Kier molecular flexibility index (Phi) is 4.06. The zero-order valence-electron chi connectivity index (χ0n) is 12.7. The zero-order chi connectivity index (χ0) is 14.7. The molecule has 1 aromatic carbocycles. The summed E-state index contributed by atoms with van der Waals surface area (Å²) in [4.78, 5) is 4.09. The molecule has 0 aliphatic rings. The van der Waals surface area contributed by atoms with E-state index in [-0.39, 0.29) is 0 Å². The normalized spacial score (nSPS) is 11.6. The Morgan fingerprint density at radius 1 is 1.19 bits per heavy atom. The van der Waals surface area contributed by atoms with Crippen LogP contribution < -0.4 is 5.32 Å². The highest BCUT2D eigenvalue weighted by molar-refractivity contribution is 5.83. The number of nitrogens with one attached hydrogen (secondary N) is 1. The SMILES string of the molecule is CC(C)NCc1cn(CCn2ccnc2)c2ccccc12. The van der Waals surface area contributed by atoms with Gasteiger partial charge in [-0.15, -0.1) is 0 Å². The molecule has 0 unspecified atom stereocenters. The number of nitrogens with zero attached hydrogens (tertiary/aromatic N) is 3. The lowest BCUT2D eigenvalue weighted by Crippen LogP contribution is -2.21. The summed E-state index contributed by atoms with van der Waals surface area (Å²) < 4.78 is 4.45. The minimum Gasteiger partial charge on any atom is -0.345 e. The maximum absolute atomic E-state index is 4.09. The Labute approximate surface area is 125 Å². The van der Waals surface area contributed by atoms with Crippen molar-refractivity contribution in [3.05, 3.63) is 54.7 Å². The fourth-order valence-corrected chi connectivity index (χ4v) is 2.60. The third kappa shape index (κ3) is 3.16. The Hall–Kier alpha value is -2.07. The Balaban J connectivity index is 1.84. The summed E-state index contributed by atoms with van der Waals surface area (Å²) in [5.74, 6) is 0. The summed E-state index contributed by atoms with van der Waals surface area (Å²) in [6, 6.07) is 9.12. The van der Waals surface area contributed by atoms with Crippen molar-refractivity contribution in [2.45, 2.75) is 39.5 Å². The maximum atomic E-state index is 4.09. The molecule has 3 rings (SSSR count). The minimum atomic E-state index is 0.498. The van der Waals surface area contributed by atoms with Gasteiger partial charge in [-0.1, -0.05) is 32.0 Å². The summed E-state index contributed by atoms with van der Waals surface area (Å²) in [6.07, 6.45) is 7.97. The van der Waals surface area contributed by atoms with E-state index < -0.39 is 0 Å². The van der Waals surface area contributed by atoms with Gasteiger partial charge in [0, 0.05) is 55.2 Å². The lowest BCUT2D eigenvalue weighted by molar-refractivity contribution is 0.578. The maximum Gasteiger partial charge on any atom is 0.0946 e. The molecule has 0 bridgehead atoms. The van der Waals surface area contributed by atoms with E-state index in [0.29, 0.717) is 6.04 Å². The van der Waals surface area contributed by atoms with Gasteiger partial charge in [-0.25, -0.2) is 4.98 Å². The van der Waals surface area contributed by atoms with Crippen LogP contribution in [-0.2, 0) is 19.6 Å². The van der Waals surface area contributed by atoms with Crippen LogP contribution in [0.3, 0.4) is 0 Å². The first kappa shape index (κ1) is 13.9. The molecule has 0 amide bonds. The third-order valence-corrected chi connectivity index (χ3v) is 3.73. The van der Waals surface area contributed by atoms with E-state index in [9.17, 15) is 0 Å². The largest absolute Gasteiger partial charge is 0.345 e. The van der Waals surface area contributed by atoms with E-state index >= 15 is 0 Å². The van der Waals surface area contributed by atoms with E-state index in [1.165, 1.54) is 16.5 Å². The Morgan fingerprint density at radius 2 is 2.05 bits per heavy atom. The van der Waals surface area contributed by atoms with E-state index in [1.54, 1.807) is 0 Å². The van der Waals surface area contributed by atoms with Crippen molar-refractivity contribution in [1.29, 1.82) is 0 Å². The van der Waals surface area contributed by atoms with Crippen LogP contribution in [0.4, 0.5) is 0 Å². The van der Waals surface area contributed by atoms with Gasteiger partial charge in [-0.3, -0.25) is 0 Å². The van der Waals surface area contributed by atoms with Gasteiger partial charge < -0.3 is 14.5 Å². The summed E-state index contributed by atoms with van der Waals surface area (Å²) in [5.41, 5.74) is 2.67. The van der Waals surface area contributed by atoms with Crippen LogP contribution in [0.1, 0.15) is 19.4 Å². The van der Waals surface area contributed by atoms with Crippen LogP contribution >= 0.6 is 0 Å². The highest BCUT2D eigenvalue weighted by Gasteiger charge is 2.08. The molecule has 21 heavy (non-hydrogen) atoms. The fourth-order valence-electron chi connectivity index (χ4n) is 2.60. The smallest absolute Gasteiger partial charge is 0.0946 e. The Bertz CT molecular complexity index is 695. The second-order valence-corrected chi connectivity index (χ2v) is 5.70. The summed E-state index contributed by atoms with van der Waals surface area (Å²) >= 11 is 0. The number of para-hydroxylation sites is 1. The van der Waals surface area contributed by atoms with Gasteiger partial charge in [0.2, 0.25) is 0 Å². The van der Waals surface area contributed by atoms with Crippen molar-refractivity contribution in [3.8, 4) is 0 Å². The van der Waals surface area contributed by atoms with E-state index in [4.69, 9.17) is 0 Å². The quantitative estimate of drug-likeness (QED) is 0.754. The Morgan fingerprint density at radius 3 is 2.81 bits per heavy atom. The third-order valence-electron chi connectivity index (χ3n) is 3.73. The summed E-state index contributed by atoms with van der Waals surface area (Å²) in [7, 11) is 0. The highest BCUT2D eigenvalue weighted by atomic mass is 15.1. The predicted molar refractivity (Wildman–Crippen MR) is 86.1 cm³/mol. The van der Waals surface area contributed by atoms with Crippen LogP contribution in [0.25, 0.3) is 10.9 Å². The van der Waals surface area contributed by atoms with Crippen molar-refractivity contribution < 1.29 is 0 Å². The summed E-state index contributed by atoms with van der Waals surface area (Å²) in [6.45, 7) is 7.17. The molecule has 3 aromatic rings. The lowest BCUT2D eigenvalue weighted by atomic mass is 10.2. The zero-order valence-corrected chi connectivity index (χ0v) is 12.7. The molecular weight excluding hydrogens is 260 g/mol. The molecule has 110 valence electrons. The molecule has 0 saturated carbocycles. The fraction of sp³-hybridized carbons (Fsp3) is 0.353. The van der Waals surface area contributed by atoms with Gasteiger partial charge in [0.15, 0.2) is 0 Å². The first-order valence-electron chi connectivity index (χ1n) is 7.50.